The number of hydrogen-bond acceptors (Lipinski definition) is 4. The molecule has 2 N–H and O–H groups in total. The minimum Gasteiger partial charge on any atom is -0.497 e. The Bertz CT molecular complexity index is 1840. The summed E-state index contributed by atoms with van der Waals surface area (Å²) in [7, 11) is 1.67. The highest BCUT2D eigenvalue weighted by Gasteiger charge is 2.20. The zero-order valence-corrected chi connectivity index (χ0v) is 25.3. The van der Waals surface area contributed by atoms with Gasteiger partial charge in [0.15, 0.2) is 5.11 Å². The number of benzene rings is 5. The summed E-state index contributed by atoms with van der Waals surface area (Å²) in [6.07, 6.45) is 4.03. The van der Waals surface area contributed by atoms with E-state index in [0.717, 1.165) is 33.9 Å². The summed E-state index contributed by atoms with van der Waals surface area (Å²) in [6.45, 7) is 2.11. The molecule has 216 valence electrons. The number of anilines is 3. The van der Waals surface area contributed by atoms with E-state index in [9.17, 15) is 4.79 Å². The molecule has 1 fully saturated rings. The second kappa shape index (κ2) is 12.8. The van der Waals surface area contributed by atoms with Gasteiger partial charge in [0.25, 0.3) is 5.91 Å². The van der Waals surface area contributed by atoms with Crippen LogP contribution in [0, 0.1) is 6.92 Å². The van der Waals surface area contributed by atoms with Gasteiger partial charge in [0.2, 0.25) is 0 Å². The second-order valence-electron chi connectivity index (χ2n) is 10.5. The number of methoxy groups -OCH3 is 1. The molecule has 6 heteroatoms. The van der Waals surface area contributed by atoms with Gasteiger partial charge in [-0.1, -0.05) is 84.4 Å². The maximum absolute atomic E-state index is 12.1. The first-order valence-corrected chi connectivity index (χ1v) is 14.7. The maximum Gasteiger partial charge on any atom is 0.273 e. The van der Waals surface area contributed by atoms with E-state index in [4.69, 9.17) is 17.0 Å². The molecule has 1 aliphatic heterocycles. The molecule has 0 spiro atoms. The van der Waals surface area contributed by atoms with Crippen LogP contribution in [-0.4, -0.2) is 18.1 Å². The molecule has 0 aliphatic carbocycles. The van der Waals surface area contributed by atoms with E-state index in [1.807, 2.05) is 54.6 Å². The summed E-state index contributed by atoms with van der Waals surface area (Å²) in [5.41, 5.74) is 10.1. The lowest BCUT2D eigenvalue weighted by molar-refractivity contribution is -0.115. The van der Waals surface area contributed by atoms with Gasteiger partial charge in [-0.3, -0.25) is 10.1 Å². The highest BCUT2D eigenvalue weighted by Crippen LogP contribution is 2.36. The number of thiocarbonyl (C=S) groups is 1. The Hall–Kier alpha value is -5.46. The Morgan fingerprint density at radius 1 is 0.682 bits per heavy atom. The van der Waals surface area contributed by atoms with Crippen molar-refractivity contribution in [1.82, 2.24) is 10.6 Å². The standard InChI is InChI=1S/C38H31N3O2S/c1-26-8-14-30(15-9-26)35(29-6-4-3-5-7-29)24-27-10-16-31(17-11-27)41(33-20-22-34(43-2)23-21-33)32-18-12-28(13-19-32)25-36-37(42)40-38(44)39-36/h3-25H,1-2H3,(H2,39,40,42,44)/b35-24+,36-25-. The third-order valence-corrected chi connectivity index (χ3v) is 7.63. The molecule has 0 saturated carbocycles. The molecule has 1 aliphatic rings. The molecule has 6 rings (SSSR count). The van der Waals surface area contributed by atoms with Crippen LogP contribution in [0.15, 0.2) is 133 Å². The molecule has 0 aromatic heterocycles. The van der Waals surface area contributed by atoms with Gasteiger partial charge < -0.3 is 15.0 Å². The molecular weight excluding hydrogens is 563 g/mol. The van der Waals surface area contributed by atoms with Gasteiger partial charge in [0, 0.05) is 17.1 Å². The van der Waals surface area contributed by atoms with Crippen molar-refractivity contribution in [3.05, 3.63) is 161 Å². The number of aryl methyl sites for hydroxylation is 1. The predicted octanol–water partition coefficient (Wildman–Crippen LogP) is 8.41. The van der Waals surface area contributed by atoms with E-state index < -0.39 is 0 Å². The first-order valence-electron chi connectivity index (χ1n) is 14.3. The van der Waals surface area contributed by atoms with Crippen LogP contribution in [0.3, 0.4) is 0 Å². The molecule has 5 aromatic carbocycles. The van der Waals surface area contributed by atoms with Crippen molar-refractivity contribution in [2.75, 3.05) is 12.0 Å². The van der Waals surface area contributed by atoms with Crippen LogP contribution in [0.1, 0.15) is 27.8 Å². The van der Waals surface area contributed by atoms with Gasteiger partial charge in [-0.2, -0.15) is 0 Å². The summed E-state index contributed by atoms with van der Waals surface area (Å²) in [5.74, 6) is 0.562. The third kappa shape index (κ3) is 6.46. The van der Waals surface area contributed by atoms with Crippen LogP contribution in [0.2, 0.25) is 0 Å². The fourth-order valence-electron chi connectivity index (χ4n) is 5.12. The van der Waals surface area contributed by atoms with Crippen LogP contribution in [0.5, 0.6) is 5.75 Å². The molecule has 1 amide bonds. The number of carbonyl (C=O) groups is 1. The number of rotatable bonds is 8. The lowest BCUT2D eigenvalue weighted by Crippen LogP contribution is -2.21. The number of carbonyl (C=O) groups excluding carboxylic acids is 1. The molecule has 5 nitrogen and oxygen atoms in total. The lowest BCUT2D eigenvalue weighted by atomic mass is 9.95. The summed E-state index contributed by atoms with van der Waals surface area (Å²) >= 11 is 5.05. The summed E-state index contributed by atoms with van der Waals surface area (Å²) in [6, 6.07) is 43.8. The highest BCUT2D eigenvalue weighted by molar-refractivity contribution is 7.80. The zero-order chi connectivity index (χ0) is 30.5. The number of hydrogen-bond donors (Lipinski definition) is 2. The number of nitrogens with zero attached hydrogens (tertiary/aromatic N) is 1. The first-order chi connectivity index (χ1) is 21.5. The van der Waals surface area contributed by atoms with Gasteiger partial charge in [0.05, 0.1) is 7.11 Å². The molecule has 0 radical (unpaired) electrons. The quantitative estimate of drug-likeness (QED) is 0.108. The van der Waals surface area contributed by atoms with Crippen molar-refractivity contribution in [3.8, 4) is 5.75 Å². The van der Waals surface area contributed by atoms with Crippen molar-refractivity contribution in [1.29, 1.82) is 0 Å². The molecule has 5 aromatic rings. The fraction of sp³-hybridized carbons (Fsp3) is 0.0526. The average Bonchev–Trinajstić information content (AvgIpc) is 3.38. The molecule has 0 unspecified atom stereocenters. The van der Waals surface area contributed by atoms with E-state index in [0.29, 0.717) is 10.8 Å². The van der Waals surface area contributed by atoms with Gasteiger partial charge >= 0.3 is 0 Å². The van der Waals surface area contributed by atoms with Crippen LogP contribution < -0.4 is 20.3 Å². The zero-order valence-electron chi connectivity index (χ0n) is 24.5. The SMILES string of the molecule is COc1ccc(N(c2ccc(/C=C3\NC(=S)NC3=O)cc2)c2ccc(/C=C(\c3ccccc3)c3ccc(C)cc3)cc2)cc1. The van der Waals surface area contributed by atoms with Crippen molar-refractivity contribution >= 4 is 58.0 Å². The van der Waals surface area contributed by atoms with E-state index in [-0.39, 0.29) is 5.91 Å². The average molecular weight is 594 g/mol. The Kier molecular flexibility index (Phi) is 8.34. The molecular formula is C38H31N3O2S. The van der Waals surface area contributed by atoms with E-state index in [1.54, 1.807) is 13.2 Å². The highest BCUT2D eigenvalue weighted by atomic mass is 32.1. The van der Waals surface area contributed by atoms with Crippen molar-refractivity contribution in [2.24, 2.45) is 0 Å². The van der Waals surface area contributed by atoms with Gasteiger partial charge in [-0.25, -0.2) is 0 Å². The minimum absolute atomic E-state index is 0.231. The normalized spacial score (nSPS) is 13.9. The smallest absolute Gasteiger partial charge is 0.273 e. The van der Waals surface area contributed by atoms with Crippen LogP contribution in [0.25, 0.3) is 17.7 Å². The molecule has 44 heavy (non-hydrogen) atoms. The van der Waals surface area contributed by atoms with Crippen LogP contribution >= 0.6 is 12.2 Å². The summed E-state index contributed by atoms with van der Waals surface area (Å²) in [5, 5.41) is 5.81. The maximum atomic E-state index is 12.1. The molecule has 0 bridgehead atoms. The Morgan fingerprint density at radius 2 is 1.23 bits per heavy atom. The molecule has 0 atom stereocenters. The van der Waals surface area contributed by atoms with E-state index >= 15 is 0 Å². The van der Waals surface area contributed by atoms with Gasteiger partial charge in [-0.05, 0) is 108 Å². The minimum atomic E-state index is -0.231. The van der Waals surface area contributed by atoms with Crippen molar-refractivity contribution in [2.45, 2.75) is 6.92 Å². The van der Waals surface area contributed by atoms with Crippen LogP contribution in [-0.2, 0) is 4.79 Å². The van der Waals surface area contributed by atoms with E-state index in [1.165, 1.54) is 22.3 Å². The van der Waals surface area contributed by atoms with Crippen molar-refractivity contribution < 1.29 is 9.53 Å². The second-order valence-corrected chi connectivity index (χ2v) is 10.9. The summed E-state index contributed by atoms with van der Waals surface area (Å²) in [4.78, 5) is 14.3. The largest absolute Gasteiger partial charge is 0.497 e. The van der Waals surface area contributed by atoms with Gasteiger partial charge in [0.1, 0.15) is 11.4 Å². The fourth-order valence-corrected chi connectivity index (χ4v) is 5.32. The number of amides is 1. The van der Waals surface area contributed by atoms with E-state index in [2.05, 4.69) is 101 Å². The number of ether oxygens (including phenoxy) is 1. The van der Waals surface area contributed by atoms with Crippen LogP contribution in [0.4, 0.5) is 17.1 Å². The Morgan fingerprint density at radius 3 is 1.77 bits per heavy atom. The Balaban J connectivity index is 1.36. The number of nitrogens with one attached hydrogen (secondary N) is 2. The topological polar surface area (TPSA) is 53.6 Å². The Labute approximate surface area is 263 Å². The third-order valence-electron chi connectivity index (χ3n) is 7.42. The molecule has 1 saturated heterocycles. The summed E-state index contributed by atoms with van der Waals surface area (Å²) < 4.78 is 5.41. The van der Waals surface area contributed by atoms with Gasteiger partial charge in [-0.15, -0.1) is 0 Å². The molecule has 1 heterocycles. The first kappa shape index (κ1) is 28.6. The monoisotopic (exact) mass is 593 g/mol. The van der Waals surface area contributed by atoms with Crippen molar-refractivity contribution in [3.63, 3.8) is 0 Å². The lowest BCUT2D eigenvalue weighted by Gasteiger charge is -2.26. The predicted molar refractivity (Wildman–Crippen MR) is 184 cm³/mol.